The lowest BCUT2D eigenvalue weighted by molar-refractivity contribution is -0.119. The van der Waals surface area contributed by atoms with Crippen LogP contribution in [0, 0.1) is 6.92 Å². The molecule has 1 aliphatic carbocycles. The van der Waals surface area contributed by atoms with Gasteiger partial charge < -0.3 is 15.0 Å². The van der Waals surface area contributed by atoms with E-state index in [1.807, 2.05) is 49.4 Å². The Morgan fingerprint density at radius 2 is 1.90 bits per heavy atom. The van der Waals surface area contributed by atoms with Crippen molar-refractivity contribution in [2.75, 3.05) is 12.3 Å². The van der Waals surface area contributed by atoms with Gasteiger partial charge in [-0.05, 0) is 30.9 Å². The van der Waals surface area contributed by atoms with Gasteiger partial charge >= 0.3 is 0 Å². The van der Waals surface area contributed by atoms with Crippen LogP contribution in [0.4, 0.5) is 0 Å². The Hall–Kier alpha value is -2.64. The van der Waals surface area contributed by atoms with Gasteiger partial charge in [-0.3, -0.25) is 4.79 Å². The molecule has 2 N–H and O–H groups in total. The Balaban J connectivity index is 1.34. The van der Waals surface area contributed by atoms with E-state index < -0.39 is 6.10 Å². The standard InChI is InChI=1S/C23H26N4O2S/c1-16-7-9-18(10-8-16)20(28)13-24-21(29)15-30-23-26-25-22(19-11-12-19)27(23)14-17-5-3-2-4-6-17/h2-10,19-20,28H,11-15H2,1H3,(H,24,29). The molecule has 7 heteroatoms. The lowest BCUT2D eigenvalue weighted by Gasteiger charge is -2.13. The van der Waals surface area contributed by atoms with Crippen LogP contribution >= 0.6 is 11.8 Å². The quantitative estimate of drug-likeness (QED) is 0.516. The van der Waals surface area contributed by atoms with Gasteiger partial charge in [0, 0.05) is 12.5 Å². The molecule has 0 radical (unpaired) electrons. The maximum Gasteiger partial charge on any atom is 0.230 e. The zero-order valence-electron chi connectivity index (χ0n) is 17.0. The molecule has 1 fully saturated rings. The third kappa shape index (κ3) is 5.29. The van der Waals surface area contributed by atoms with E-state index in [0.29, 0.717) is 12.5 Å². The molecule has 0 spiro atoms. The number of carbonyl (C=O) groups excluding carboxylic acids is 1. The molecular weight excluding hydrogens is 396 g/mol. The van der Waals surface area contributed by atoms with E-state index in [0.717, 1.165) is 34.9 Å². The van der Waals surface area contributed by atoms with Crippen molar-refractivity contribution in [2.24, 2.45) is 0 Å². The van der Waals surface area contributed by atoms with Crippen molar-refractivity contribution in [3.05, 3.63) is 77.1 Å². The Labute approximate surface area is 180 Å². The minimum Gasteiger partial charge on any atom is -0.387 e. The van der Waals surface area contributed by atoms with E-state index in [1.54, 1.807) is 0 Å². The SMILES string of the molecule is Cc1ccc(C(O)CNC(=O)CSc2nnc(C3CC3)n2Cc2ccccc2)cc1. The van der Waals surface area contributed by atoms with Crippen molar-refractivity contribution < 1.29 is 9.90 Å². The summed E-state index contributed by atoms with van der Waals surface area (Å²) in [5.74, 6) is 1.59. The number of thioether (sulfide) groups is 1. The van der Waals surface area contributed by atoms with Gasteiger partial charge in [0.15, 0.2) is 5.16 Å². The smallest absolute Gasteiger partial charge is 0.230 e. The number of aryl methyl sites for hydroxylation is 1. The lowest BCUT2D eigenvalue weighted by atomic mass is 10.1. The number of aromatic nitrogens is 3. The van der Waals surface area contributed by atoms with Gasteiger partial charge in [0.1, 0.15) is 5.82 Å². The summed E-state index contributed by atoms with van der Waals surface area (Å²) in [5, 5.41) is 22.6. The predicted octanol–water partition coefficient (Wildman–Crippen LogP) is 3.45. The fourth-order valence-corrected chi connectivity index (χ4v) is 4.04. The first-order valence-corrected chi connectivity index (χ1v) is 11.2. The maximum atomic E-state index is 12.3. The molecule has 4 rings (SSSR count). The monoisotopic (exact) mass is 422 g/mol. The number of nitrogens with one attached hydrogen (secondary N) is 1. The summed E-state index contributed by atoms with van der Waals surface area (Å²) in [5.41, 5.74) is 3.12. The average molecular weight is 423 g/mol. The molecule has 3 aromatic rings. The highest BCUT2D eigenvalue weighted by Gasteiger charge is 2.30. The average Bonchev–Trinajstić information content (AvgIpc) is 3.53. The van der Waals surface area contributed by atoms with Crippen molar-refractivity contribution in [1.82, 2.24) is 20.1 Å². The molecule has 2 aromatic carbocycles. The zero-order valence-corrected chi connectivity index (χ0v) is 17.8. The molecule has 1 unspecified atom stereocenters. The summed E-state index contributed by atoms with van der Waals surface area (Å²) in [6.45, 7) is 2.89. The molecule has 1 aliphatic rings. The number of benzene rings is 2. The van der Waals surface area contributed by atoms with Crippen LogP contribution in [0.1, 0.15) is 47.4 Å². The number of amides is 1. The first kappa shape index (κ1) is 20.6. The highest BCUT2D eigenvalue weighted by atomic mass is 32.2. The van der Waals surface area contributed by atoms with Crippen LogP contribution in [-0.2, 0) is 11.3 Å². The van der Waals surface area contributed by atoms with E-state index in [4.69, 9.17) is 0 Å². The molecule has 0 bridgehead atoms. The third-order valence-electron chi connectivity index (χ3n) is 5.16. The summed E-state index contributed by atoms with van der Waals surface area (Å²) in [7, 11) is 0. The highest BCUT2D eigenvalue weighted by molar-refractivity contribution is 7.99. The van der Waals surface area contributed by atoms with Gasteiger partial charge in [-0.1, -0.05) is 71.9 Å². The third-order valence-corrected chi connectivity index (χ3v) is 6.13. The second-order valence-electron chi connectivity index (χ2n) is 7.71. The molecule has 1 aromatic heterocycles. The summed E-state index contributed by atoms with van der Waals surface area (Å²) in [4.78, 5) is 12.3. The number of aliphatic hydroxyl groups excluding tert-OH is 1. The van der Waals surface area contributed by atoms with E-state index in [1.165, 1.54) is 17.3 Å². The number of carbonyl (C=O) groups is 1. The normalized spacial score (nSPS) is 14.5. The molecule has 0 saturated heterocycles. The lowest BCUT2D eigenvalue weighted by Crippen LogP contribution is -2.29. The van der Waals surface area contributed by atoms with E-state index >= 15 is 0 Å². The van der Waals surface area contributed by atoms with Crippen molar-refractivity contribution in [1.29, 1.82) is 0 Å². The number of hydrogen-bond donors (Lipinski definition) is 2. The van der Waals surface area contributed by atoms with Crippen LogP contribution in [-0.4, -0.2) is 38.1 Å². The first-order valence-electron chi connectivity index (χ1n) is 10.2. The van der Waals surface area contributed by atoms with E-state index in [-0.39, 0.29) is 18.2 Å². The maximum absolute atomic E-state index is 12.3. The van der Waals surface area contributed by atoms with Crippen LogP contribution in [0.5, 0.6) is 0 Å². The number of nitrogens with zero attached hydrogens (tertiary/aromatic N) is 3. The van der Waals surface area contributed by atoms with Crippen LogP contribution in [0.2, 0.25) is 0 Å². The first-order chi connectivity index (χ1) is 14.6. The van der Waals surface area contributed by atoms with E-state index in [9.17, 15) is 9.90 Å². The zero-order chi connectivity index (χ0) is 20.9. The second kappa shape index (κ2) is 9.45. The Morgan fingerprint density at radius 3 is 2.60 bits per heavy atom. The summed E-state index contributed by atoms with van der Waals surface area (Å²) in [6, 6.07) is 17.9. The Bertz CT molecular complexity index is 984. The molecule has 1 atom stereocenters. The molecular formula is C23H26N4O2S. The van der Waals surface area contributed by atoms with Gasteiger partial charge in [0.05, 0.1) is 18.4 Å². The van der Waals surface area contributed by atoms with Crippen LogP contribution in [0.3, 0.4) is 0 Å². The minimum absolute atomic E-state index is 0.131. The van der Waals surface area contributed by atoms with Crippen LogP contribution in [0.25, 0.3) is 0 Å². The minimum atomic E-state index is -0.720. The fraction of sp³-hybridized carbons (Fsp3) is 0.348. The second-order valence-corrected chi connectivity index (χ2v) is 8.65. The van der Waals surface area contributed by atoms with Gasteiger partial charge in [0.2, 0.25) is 5.91 Å². The largest absolute Gasteiger partial charge is 0.387 e. The molecule has 1 amide bonds. The van der Waals surface area contributed by atoms with Crippen molar-refractivity contribution in [3.8, 4) is 0 Å². The molecule has 156 valence electrons. The molecule has 30 heavy (non-hydrogen) atoms. The molecule has 1 heterocycles. The number of aliphatic hydroxyl groups is 1. The predicted molar refractivity (Wildman–Crippen MR) is 117 cm³/mol. The van der Waals surface area contributed by atoms with Gasteiger partial charge in [-0.2, -0.15) is 0 Å². The van der Waals surface area contributed by atoms with Gasteiger partial charge in [-0.15, -0.1) is 10.2 Å². The van der Waals surface area contributed by atoms with Crippen molar-refractivity contribution >= 4 is 17.7 Å². The molecule has 6 nitrogen and oxygen atoms in total. The summed E-state index contributed by atoms with van der Waals surface area (Å²) in [6.07, 6.45) is 1.58. The summed E-state index contributed by atoms with van der Waals surface area (Å²) >= 11 is 1.39. The topological polar surface area (TPSA) is 80.0 Å². The molecule has 0 aliphatic heterocycles. The Kier molecular flexibility index (Phi) is 6.50. The number of rotatable bonds is 9. The number of hydrogen-bond acceptors (Lipinski definition) is 5. The van der Waals surface area contributed by atoms with Crippen LogP contribution < -0.4 is 5.32 Å². The highest BCUT2D eigenvalue weighted by Crippen LogP contribution is 2.40. The van der Waals surface area contributed by atoms with Gasteiger partial charge in [-0.25, -0.2) is 0 Å². The molecule has 1 saturated carbocycles. The van der Waals surface area contributed by atoms with Crippen molar-refractivity contribution in [2.45, 2.75) is 43.5 Å². The fourth-order valence-electron chi connectivity index (χ4n) is 3.26. The van der Waals surface area contributed by atoms with Crippen LogP contribution in [0.15, 0.2) is 59.8 Å². The van der Waals surface area contributed by atoms with Gasteiger partial charge in [0.25, 0.3) is 0 Å². The van der Waals surface area contributed by atoms with Crippen molar-refractivity contribution in [3.63, 3.8) is 0 Å². The summed E-state index contributed by atoms with van der Waals surface area (Å²) < 4.78 is 2.13. The Morgan fingerprint density at radius 1 is 1.17 bits per heavy atom. The van der Waals surface area contributed by atoms with E-state index in [2.05, 4.69) is 32.2 Å².